The molecule has 2 heterocycles. The van der Waals surface area contributed by atoms with E-state index < -0.39 is 0 Å². The molecule has 1 aliphatic heterocycles. The minimum Gasteiger partial charge on any atom is -0.497 e. The van der Waals surface area contributed by atoms with E-state index in [0.29, 0.717) is 35.7 Å². The van der Waals surface area contributed by atoms with Gasteiger partial charge in [-0.2, -0.15) is 9.36 Å². The van der Waals surface area contributed by atoms with Crippen molar-refractivity contribution in [1.29, 1.82) is 0 Å². The molecule has 8 heteroatoms. The van der Waals surface area contributed by atoms with Crippen LogP contribution >= 0.6 is 11.5 Å². The Balaban J connectivity index is 1.19. The first-order valence-corrected chi connectivity index (χ1v) is 13.1. The average molecular weight is 495 g/mol. The van der Waals surface area contributed by atoms with Crippen LogP contribution < -0.4 is 14.8 Å². The summed E-state index contributed by atoms with van der Waals surface area (Å²) in [5.74, 6) is 2.25. The number of nitrogens with zero attached hydrogens (tertiary/aromatic N) is 3. The number of ether oxygens (including phenoxy) is 2. The third-order valence-electron chi connectivity index (χ3n) is 6.32. The first-order chi connectivity index (χ1) is 17.1. The maximum absolute atomic E-state index is 12.3. The third kappa shape index (κ3) is 7.77. The molecule has 1 unspecified atom stereocenters. The summed E-state index contributed by atoms with van der Waals surface area (Å²) in [7, 11) is 1.65. The Labute approximate surface area is 211 Å². The fourth-order valence-electron chi connectivity index (χ4n) is 4.34. The molecular formula is C27H34N4O3S. The van der Waals surface area contributed by atoms with E-state index in [4.69, 9.17) is 9.47 Å². The van der Waals surface area contributed by atoms with Crippen molar-refractivity contribution < 1.29 is 14.3 Å². The number of methoxy groups -OCH3 is 1. The average Bonchev–Trinajstić information content (AvgIpc) is 3.30. The van der Waals surface area contributed by atoms with Gasteiger partial charge >= 0.3 is 0 Å². The van der Waals surface area contributed by atoms with Gasteiger partial charge in [-0.1, -0.05) is 30.7 Å². The van der Waals surface area contributed by atoms with Gasteiger partial charge in [0.05, 0.1) is 13.5 Å². The van der Waals surface area contributed by atoms with Crippen molar-refractivity contribution in [3.63, 3.8) is 0 Å². The molecule has 0 bridgehead atoms. The van der Waals surface area contributed by atoms with Crippen LogP contribution in [0.2, 0.25) is 0 Å². The molecule has 0 radical (unpaired) electrons. The number of hydrogen-bond donors (Lipinski definition) is 1. The molecule has 186 valence electrons. The second-order valence-electron chi connectivity index (χ2n) is 9.01. The van der Waals surface area contributed by atoms with Gasteiger partial charge in [0, 0.05) is 37.1 Å². The molecule has 1 amide bonds. The zero-order chi connectivity index (χ0) is 24.5. The van der Waals surface area contributed by atoms with Crippen molar-refractivity contribution in [2.45, 2.75) is 51.5 Å². The summed E-state index contributed by atoms with van der Waals surface area (Å²) in [6, 6.07) is 16.1. The predicted octanol–water partition coefficient (Wildman–Crippen LogP) is 4.85. The van der Waals surface area contributed by atoms with E-state index in [1.54, 1.807) is 7.11 Å². The first kappa shape index (κ1) is 25.1. The number of rotatable bonds is 11. The highest BCUT2D eigenvalue weighted by Gasteiger charge is 2.17. The van der Waals surface area contributed by atoms with Gasteiger partial charge in [-0.05, 0) is 68.1 Å². The zero-order valence-electron chi connectivity index (χ0n) is 20.5. The third-order valence-corrected chi connectivity index (χ3v) is 6.96. The maximum atomic E-state index is 12.3. The number of amides is 1. The molecule has 1 N–H and O–H groups in total. The molecule has 1 fully saturated rings. The minimum atomic E-state index is 0.0525. The second kappa shape index (κ2) is 12.7. The fraction of sp³-hybridized carbons (Fsp3) is 0.444. The molecule has 1 aromatic heterocycles. The summed E-state index contributed by atoms with van der Waals surface area (Å²) in [4.78, 5) is 19.3. The number of carbonyl (C=O) groups excluding carboxylic acids is 1. The normalized spacial score (nSPS) is 16.1. The van der Waals surface area contributed by atoms with Crippen LogP contribution in [0.25, 0.3) is 0 Å². The zero-order valence-corrected chi connectivity index (χ0v) is 21.4. The SMILES string of the molecule is COc1cccc(Cc2nsc(Oc3ccc(CC(=O)NCCCN4CCCCC4C)cc3)n2)c1. The number of piperidine rings is 1. The van der Waals surface area contributed by atoms with Crippen molar-refractivity contribution in [1.82, 2.24) is 19.6 Å². The quantitative estimate of drug-likeness (QED) is 0.384. The number of benzene rings is 2. The molecule has 7 nitrogen and oxygen atoms in total. The summed E-state index contributed by atoms with van der Waals surface area (Å²) in [5.41, 5.74) is 2.04. The lowest BCUT2D eigenvalue weighted by molar-refractivity contribution is -0.120. The van der Waals surface area contributed by atoms with Gasteiger partial charge in [0.25, 0.3) is 5.19 Å². The van der Waals surface area contributed by atoms with E-state index in [0.717, 1.165) is 36.4 Å². The highest BCUT2D eigenvalue weighted by Crippen LogP contribution is 2.25. The molecule has 2 aromatic carbocycles. The van der Waals surface area contributed by atoms with E-state index in [1.165, 1.54) is 37.3 Å². The van der Waals surface area contributed by atoms with E-state index in [2.05, 4.69) is 26.5 Å². The molecular weight excluding hydrogens is 460 g/mol. The molecule has 1 aliphatic rings. The molecule has 4 rings (SSSR count). The molecule has 3 aromatic rings. The smallest absolute Gasteiger partial charge is 0.298 e. The van der Waals surface area contributed by atoms with Crippen molar-refractivity contribution in [3.8, 4) is 16.7 Å². The van der Waals surface area contributed by atoms with Gasteiger partial charge in [-0.3, -0.25) is 4.79 Å². The van der Waals surface area contributed by atoms with Gasteiger partial charge in [-0.25, -0.2) is 0 Å². The summed E-state index contributed by atoms with van der Waals surface area (Å²) in [6.07, 6.45) is 5.89. The van der Waals surface area contributed by atoms with E-state index in [-0.39, 0.29) is 5.91 Å². The van der Waals surface area contributed by atoms with Gasteiger partial charge in [0.1, 0.15) is 11.5 Å². The maximum Gasteiger partial charge on any atom is 0.298 e. The Bertz CT molecular complexity index is 1090. The Morgan fingerprint density at radius 1 is 1.14 bits per heavy atom. The van der Waals surface area contributed by atoms with Crippen LogP contribution in [-0.2, 0) is 17.6 Å². The van der Waals surface area contributed by atoms with Crippen LogP contribution in [0, 0.1) is 0 Å². The van der Waals surface area contributed by atoms with Crippen LogP contribution in [0.15, 0.2) is 48.5 Å². The number of nitrogens with one attached hydrogen (secondary N) is 1. The van der Waals surface area contributed by atoms with Crippen LogP contribution in [0.4, 0.5) is 0 Å². The number of hydrogen-bond acceptors (Lipinski definition) is 7. The summed E-state index contributed by atoms with van der Waals surface area (Å²) in [5, 5.41) is 3.55. The molecule has 1 atom stereocenters. The van der Waals surface area contributed by atoms with Crippen molar-refractivity contribution in [2.75, 3.05) is 26.7 Å². The lowest BCUT2D eigenvalue weighted by Gasteiger charge is -2.33. The number of carbonyl (C=O) groups is 1. The van der Waals surface area contributed by atoms with Crippen LogP contribution in [0.1, 0.15) is 49.6 Å². The van der Waals surface area contributed by atoms with Crippen molar-refractivity contribution >= 4 is 17.4 Å². The monoisotopic (exact) mass is 494 g/mol. The van der Waals surface area contributed by atoms with Crippen LogP contribution in [0.5, 0.6) is 16.7 Å². The molecule has 35 heavy (non-hydrogen) atoms. The minimum absolute atomic E-state index is 0.0525. The van der Waals surface area contributed by atoms with Crippen LogP contribution in [0.3, 0.4) is 0 Å². The van der Waals surface area contributed by atoms with Gasteiger partial charge in [0.15, 0.2) is 5.82 Å². The molecule has 0 spiro atoms. The van der Waals surface area contributed by atoms with E-state index >= 15 is 0 Å². The van der Waals surface area contributed by atoms with Gasteiger partial charge in [0.2, 0.25) is 5.91 Å². The highest BCUT2D eigenvalue weighted by atomic mass is 32.1. The first-order valence-electron chi connectivity index (χ1n) is 12.3. The number of likely N-dealkylation sites (tertiary alicyclic amines) is 1. The van der Waals surface area contributed by atoms with Gasteiger partial charge < -0.3 is 19.7 Å². The Kier molecular flexibility index (Phi) is 9.08. The Morgan fingerprint density at radius 3 is 2.80 bits per heavy atom. The van der Waals surface area contributed by atoms with Crippen molar-refractivity contribution in [3.05, 3.63) is 65.5 Å². The Morgan fingerprint density at radius 2 is 2.00 bits per heavy atom. The van der Waals surface area contributed by atoms with E-state index in [9.17, 15) is 4.79 Å². The largest absolute Gasteiger partial charge is 0.497 e. The highest BCUT2D eigenvalue weighted by molar-refractivity contribution is 7.07. The lowest BCUT2D eigenvalue weighted by atomic mass is 10.0. The Hall–Kier alpha value is -2.97. The lowest BCUT2D eigenvalue weighted by Crippen LogP contribution is -2.39. The predicted molar refractivity (Wildman–Crippen MR) is 138 cm³/mol. The second-order valence-corrected chi connectivity index (χ2v) is 9.73. The standard InChI is InChI=1S/C27H34N4O3S/c1-20-7-3-4-15-31(20)16-6-14-28-26(32)19-21-10-12-23(13-11-21)34-27-29-25(30-35-27)18-22-8-5-9-24(17-22)33-2/h5,8-13,17,20H,3-4,6-7,14-16,18-19H2,1-2H3,(H,28,32). The summed E-state index contributed by atoms with van der Waals surface area (Å²) < 4.78 is 15.5. The van der Waals surface area contributed by atoms with E-state index in [1.807, 2.05) is 48.5 Å². The number of aromatic nitrogens is 2. The van der Waals surface area contributed by atoms with Crippen LogP contribution in [-0.4, -0.2) is 53.0 Å². The topological polar surface area (TPSA) is 76.6 Å². The summed E-state index contributed by atoms with van der Waals surface area (Å²) in [6.45, 7) is 5.26. The fourth-order valence-corrected chi connectivity index (χ4v) is 4.91. The summed E-state index contributed by atoms with van der Waals surface area (Å²) >= 11 is 1.23. The van der Waals surface area contributed by atoms with Gasteiger partial charge in [-0.15, -0.1) is 0 Å². The molecule has 0 aliphatic carbocycles. The molecule has 0 saturated carbocycles. The van der Waals surface area contributed by atoms with Crippen molar-refractivity contribution in [2.24, 2.45) is 0 Å². The molecule has 1 saturated heterocycles.